The Morgan fingerprint density at radius 1 is 1.08 bits per heavy atom. The standard InChI is InChI=1S/C28H29ClN6O4/c1-37-11-12-38-26-15-23-20(14-24(26)35-28(36)22-6-4-10-31-22)27(33-17-32-23)34-18-7-8-25(21(29)13-18)39-16-19-5-2-3-9-30-19/h2-3,5,7-9,13-15,17,22,31H,4,6,10-12,16H2,1H3,(H,35,36)(H,32,33,34)/t22-/m0/s1. The van der Waals surface area contributed by atoms with Gasteiger partial charge >= 0.3 is 0 Å². The van der Waals surface area contributed by atoms with Gasteiger partial charge in [-0.25, -0.2) is 9.97 Å². The van der Waals surface area contributed by atoms with E-state index in [1.165, 1.54) is 6.33 Å². The fourth-order valence-corrected chi connectivity index (χ4v) is 4.47. The van der Waals surface area contributed by atoms with Gasteiger partial charge in [0.1, 0.15) is 36.9 Å². The summed E-state index contributed by atoms with van der Waals surface area (Å²) in [5, 5.41) is 10.7. The van der Waals surface area contributed by atoms with Crippen molar-refractivity contribution in [3.8, 4) is 11.5 Å². The Bertz CT molecular complexity index is 1430. The number of nitrogens with zero attached hydrogens (tertiary/aromatic N) is 3. The van der Waals surface area contributed by atoms with Crippen LogP contribution < -0.4 is 25.4 Å². The van der Waals surface area contributed by atoms with E-state index in [4.69, 9.17) is 25.8 Å². The normalized spacial score (nSPS) is 14.8. The van der Waals surface area contributed by atoms with Crippen molar-refractivity contribution in [3.05, 3.63) is 71.8 Å². The predicted octanol–water partition coefficient (Wildman–Crippen LogP) is 4.72. The molecule has 0 radical (unpaired) electrons. The van der Waals surface area contributed by atoms with E-state index < -0.39 is 0 Å². The molecule has 4 aromatic rings. The van der Waals surface area contributed by atoms with E-state index in [0.29, 0.717) is 64.4 Å². The maximum Gasteiger partial charge on any atom is 0.241 e. The summed E-state index contributed by atoms with van der Waals surface area (Å²) in [6.07, 6.45) is 4.94. The highest BCUT2D eigenvalue weighted by Crippen LogP contribution is 2.35. The molecule has 0 bridgehead atoms. The predicted molar refractivity (Wildman–Crippen MR) is 150 cm³/mol. The molecule has 0 unspecified atom stereocenters. The van der Waals surface area contributed by atoms with Crippen molar-refractivity contribution in [3.63, 3.8) is 0 Å². The molecule has 1 atom stereocenters. The molecule has 0 spiro atoms. The molecule has 0 aliphatic carbocycles. The topological polar surface area (TPSA) is 120 Å². The summed E-state index contributed by atoms with van der Waals surface area (Å²) in [6, 6.07) is 14.4. The minimum absolute atomic E-state index is 0.108. The maximum atomic E-state index is 12.9. The first-order chi connectivity index (χ1) is 19.1. The van der Waals surface area contributed by atoms with Crippen LogP contribution in [0.25, 0.3) is 10.9 Å². The van der Waals surface area contributed by atoms with Crippen LogP contribution in [0.2, 0.25) is 5.02 Å². The molecule has 1 fully saturated rings. The average molecular weight is 549 g/mol. The number of ether oxygens (including phenoxy) is 3. The summed E-state index contributed by atoms with van der Waals surface area (Å²) in [5.74, 6) is 1.50. The van der Waals surface area contributed by atoms with Crippen LogP contribution in [0.5, 0.6) is 11.5 Å². The molecule has 1 saturated heterocycles. The molecule has 1 aliphatic rings. The van der Waals surface area contributed by atoms with E-state index in [2.05, 4.69) is 30.9 Å². The quantitative estimate of drug-likeness (QED) is 0.229. The summed E-state index contributed by atoms with van der Waals surface area (Å²) in [7, 11) is 1.61. The highest BCUT2D eigenvalue weighted by atomic mass is 35.5. The van der Waals surface area contributed by atoms with Gasteiger partial charge in [-0.15, -0.1) is 0 Å². The van der Waals surface area contributed by atoms with Gasteiger partial charge in [0.05, 0.1) is 34.6 Å². The van der Waals surface area contributed by atoms with Crippen molar-refractivity contribution in [1.82, 2.24) is 20.3 Å². The van der Waals surface area contributed by atoms with Gasteiger partial charge in [0.2, 0.25) is 5.91 Å². The number of methoxy groups -OCH3 is 1. The number of rotatable bonds is 11. The minimum atomic E-state index is -0.238. The molecule has 3 N–H and O–H groups in total. The second kappa shape index (κ2) is 12.7. The highest BCUT2D eigenvalue weighted by molar-refractivity contribution is 6.32. The Kier molecular flexibility index (Phi) is 8.67. The lowest BCUT2D eigenvalue weighted by Crippen LogP contribution is -2.35. The largest absolute Gasteiger partial charge is 0.489 e. The Labute approximate surface area is 231 Å². The number of nitrogens with one attached hydrogen (secondary N) is 3. The minimum Gasteiger partial charge on any atom is -0.489 e. The van der Waals surface area contributed by atoms with Crippen LogP contribution in [0.15, 0.2) is 61.1 Å². The second-order valence-electron chi connectivity index (χ2n) is 8.95. The van der Waals surface area contributed by atoms with Gasteiger partial charge in [0.25, 0.3) is 0 Å². The third kappa shape index (κ3) is 6.72. The molecule has 2 aromatic heterocycles. The number of fused-ring (bicyclic) bond motifs is 1. The van der Waals surface area contributed by atoms with Gasteiger partial charge in [-0.3, -0.25) is 9.78 Å². The Morgan fingerprint density at radius 2 is 2.00 bits per heavy atom. The first-order valence-corrected chi connectivity index (χ1v) is 13.0. The van der Waals surface area contributed by atoms with E-state index in [1.807, 2.05) is 30.3 Å². The number of benzene rings is 2. The van der Waals surface area contributed by atoms with Gasteiger partial charge in [-0.2, -0.15) is 0 Å². The van der Waals surface area contributed by atoms with Gasteiger partial charge in [0, 0.05) is 30.4 Å². The number of amides is 1. The van der Waals surface area contributed by atoms with E-state index in [9.17, 15) is 4.79 Å². The second-order valence-corrected chi connectivity index (χ2v) is 9.35. The van der Waals surface area contributed by atoms with Crippen LogP contribution in [0, 0.1) is 0 Å². The van der Waals surface area contributed by atoms with Crippen LogP contribution in [0.1, 0.15) is 18.5 Å². The molecule has 11 heteroatoms. The van der Waals surface area contributed by atoms with E-state index in [-0.39, 0.29) is 11.9 Å². The summed E-state index contributed by atoms with van der Waals surface area (Å²) in [5.41, 5.74) is 2.71. The fourth-order valence-electron chi connectivity index (χ4n) is 4.23. The number of aromatic nitrogens is 3. The zero-order chi connectivity index (χ0) is 27.0. The molecular formula is C28H29ClN6O4. The molecule has 39 heavy (non-hydrogen) atoms. The maximum absolute atomic E-state index is 12.9. The monoisotopic (exact) mass is 548 g/mol. The summed E-state index contributed by atoms with van der Waals surface area (Å²) < 4.78 is 16.9. The fraction of sp³-hybridized carbons (Fsp3) is 0.286. The zero-order valence-corrected chi connectivity index (χ0v) is 22.2. The van der Waals surface area contributed by atoms with E-state index in [1.54, 1.807) is 31.5 Å². The van der Waals surface area contributed by atoms with Crippen LogP contribution in [0.4, 0.5) is 17.2 Å². The smallest absolute Gasteiger partial charge is 0.241 e. The zero-order valence-electron chi connectivity index (χ0n) is 21.4. The third-order valence-electron chi connectivity index (χ3n) is 6.21. The van der Waals surface area contributed by atoms with Crippen molar-refractivity contribution < 1.29 is 19.0 Å². The van der Waals surface area contributed by atoms with Crippen molar-refractivity contribution in [2.75, 3.05) is 37.5 Å². The third-order valence-corrected chi connectivity index (χ3v) is 6.51. The highest BCUT2D eigenvalue weighted by Gasteiger charge is 2.23. The van der Waals surface area contributed by atoms with Crippen LogP contribution >= 0.6 is 11.6 Å². The first-order valence-electron chi connectivity index (χ1n) is 12.6. The molecule has 1 amide bonds. The molecule has 202 valence electrons. The molecular weight excluding hydrogens is 520 g/mol. The molecule has 3 heterocycles. The lowest BCUT2D eigenvalue weighted by molar-refractivity contribution is -0.117. The van der Waals surface area contributed by atoms with Gasteiger partial charge in [-0.1, -0.05) is 17.7 Å². The van der Waals surface area contributed by atoms with Crippen LogP contribution in [-0.2, 0) is 16.1 Å². The lowest BCUT2D eigenvalue weighted by atomic mass is 10.1. The van der Waals surface area contributed by atoms with Crippen LogP contribution in [-0.4, -0.2) is 53.8 Å². The number of halogens is 1. The SMILES string of the molecule is COCCOc1cc2ncnc(Nc3ccc(OCc4ccccn4)c(Cl)c3)c2cc1NC(=O)[C@@H]1CCCN1. The summed E-state index contributed by atoms with van der Waals surface area (Å²) in [4.78, 5) is 26.0. The number of carbonyl (C=O) groups is 1. The first kappa shape index (κ1) is 26.6. The Balaban J connectivity index is 1.38. The number of pyridine rings is 1. The molecule has 1 aliphatic heterocycles. The molecule has 10 nitrogen and oxygen atoms in total. The Hall–Kier alpha value is -3.99. The number of carbonyl (C=O) groups excluding carboxylic acids is 1. The Morgan fingerprint density at radius 3 is 2.77 bits per heavy atom. The number of hydrogen-bond acceptors (Lipinski definition) is 9. The lowest BCUT2D eigenvalue weighted by Gasteiger charge is -2.17. The molecule has 2 aromatic carbocycles. The van der Waals surface area contributed by atoms with Gasteiger partial charge in [0.15, 0.2) is 0 Å². The van der Waals surface area contributed by atoms with Crippen molar-refractivity contribution >= 4 is 45.6 Å². The summed E-state index contributed by atoms with van der Waals surface area (Å²) >= 11 is 6.51. The van der Waals surface area contributed by atoms with Crippen molar-refractivity contribution in [2.45, 2.75) is 25.5 Å². The average Bonchev–Trinajstić information content (AvgIpc) is 3.49. The van der Waals surface area contributed by atoms with Gasteiger partial charge < -0.3 is 30.2 Å². The van der Waals surface area contributed by atoms with Crippen LogP contribution in [0.3, 0.4) is 0 Å². The van der Waals surface area contributed by atoms with E-state index >= 15 is 0 Å². The molecule has 0 saturated carbocycles. The van der Waals surface area contributed by atoms with Gasteiger partial charge in [-0.05, 0) is 55.8 Å². The summed E-state index contributed by atoms with van der Waals surface area (Å²) in [6.45, 7) is 1.87. The van der Waals surface area contributed by atoms with Crippen molar-refractivity contribution in [2.24, 2.45) is 0 Å². The van der Waals surface area contributed by atoms with E-state index in [0.717, 1.165) is 25.1 Å². The molecule has 5 rings (SSSR count). The van der Waals surface area contributed by atoms with Crippen molar-refractivity contribution in [1.29, 1.82) is 0 Å². The number of hydrogen-bond donors (Lipinski definition) is 3. The number of anilines is 3.